The molecule has 1 aliphatic heterocycles. The summed E-state index contributed by atoms with van der Waals surface area (Å²) in [5.74, 6) is -0.276. The number of alkyl halides is 1. The number of hydrogen-bond acceptors (Lipinski definition) is 1. The summed E-state index contributed by atoms with van der Waals surface area (Å²) in [5, 5.41) is -0.305. The highest BCUT2D eigenvalue weighted by atomic mass is 79.9. The lowest BCUT2D eigenvalue weighted by Crippen LogP contribution is -1.97. The summed E-state index contributed by atoms with van der Waals surface area (Å²) in [7, 11) is 0. The van der Waals surface area contributed by atoms with Crippen molar-refractivity contribution in [2.75, 3.05) is 0 Å². The summed E-state index contributed by atoms with van der Waals surface area (Å²) in [6.07, 6.45) is 0. The lowest BCUT2D eigenvalue weighted by atomic mass is 10.00. The van der Waals surface area contributed by atoms with E-state index < -0.39 is 0 Å². The van der Waals surface area contributed by atoms with Crippen molar-refractivity contribution in [1.82, 2.24) is 0 Å². The smallest absolute Gasteiger partial charge is 0.124 e. The Morgan fingerprint density at radius 3 is 2.68 bits per heavy atom. The molecule has 0 aromatic heterocycles. The van der Waals surface area contributed by atoms with Crippen LogP contribution in [-0.4, -0.2) is 0 Å². The molecule has 1 heterocycles. The molecule has 0 aliphatic carbocycles. The maximum Gasteiger partial charge on any atom is 0.124 e. The average molecular weight is 342 g/mol. The van der Waals surface area contributed by atoms with E-state index >= 15 is 0 Å². The highest BCUT2D eigenvalue weighted by Crippen LogP contribution is 2.35. The van der Waals surface area contributed by atoms with Gasteiger partial charge in [0, 0.05) is 4.47 Å². The summed E-state index contributed by atoms with van der Waals surface area (Å²) in [4.78, 5) is 0. The van der Waals surface area contributed by atoms with Crippen LogP contribution in [0.2, 0.25) is 0 Å². The third kappa shape index (κ3) is 2.55. The van der Waals surface area contributed by atoms with Crippen molar-refractivity contribution in [3.05, 3.63) is 68.9 Å². The van der Waals surface area contributed by atoms with E-state index in [4.69, 9.17) is 16.3 Å². The molecular weight excluding hydrogens is 331 g/mol. The molecule has 98 valence electrons. The fraction of sp³-hybridized carbons (Fsp3) is 0.200. The molecule has 1 unspecified atom stereocenters. The third-order valence-corrected chi connectivity index (χ3v) is 4.45. The van der Waals surface area contributed by atoms with Gasteiger partial charge in [-0.15, -0.1) is 11.6 Å². The van der Waals surface area contributed by atoms with Crippen LogP contribution in [0.25, 0.3) is 0 Å². The molecule has 0 amide bonds. The number of benzene rings is 2. The van der Waals surface area contributed by atoms with Gasteiger partial charge in [-0.25, -0.2) is 4.39 Å². The van der Waals surface area contributed by atoms with Crippen molar-refractivity contribution in [3.8, 4) is 0 Å². The van der Waals surface area contributed by atoms with Gasteiger partial charge >= 0.3 is 0 Å². The minimum absolute atomic E-state index is 0.276. The van der Waals surface area contributed by atoms with Gasteiger partial charge in [0.1, 0.15) is 5.82 Å². The predicted octanol–water partition coefficient (Wildman–Crippen LogP) is 4.95. The first-order valence-corrected chi connectivity index (χ1v) is 7.16. The Bertz CT molecular complexity index is 630. The second-order valence-corrected chi connectivity index (χ2v) is 5.84. The fourth-order valence-corrected chi connectivity index (χ4v) is 3.27. The van der Waals surface area contributed by atoms with Crippen molar-refractivity contribution in [3.63, 3.8) is 0 Å². The summed E-state index contributed by atoms with van der Waals surface area (Å²) in [6.45, 7) is 1.31. The first-order valence-electron chi connectivity index (χ1n) is 5.93. The highest BCUT2D eigenvalue weighted by molar-refractivity contribution is 9.10. The molecule has 0 saturated heterocycles. The van der Waals surface area contributed by atoms with E-state index in [0.29, 0.717) is 17.7 Å². The average Bonchev–Trinajstić information content (AvgIpc) is 2.85. The van der Waals surface area contributed by atoms with Gasteiger partial charge in [-0.1, -0.05) is 40.2 Å². The molecule has 2 aromatic rings. The molecule has 19 heavy (non-hydrogen) atoms. The zero-order valence-corrected chi connectivity index (χ0v) is 12.3. The van der Waals surface area contributed by atoms with Gasteiger partial charge in [0.2, 0.25) is 0 Å². The molecule has 4 heteroatoms. The zero-order chi connectivity index (χ0) is 13.4. The maximum atomic E-state index is 13.1. The monoisotopic (exact) mass is 340 g/mol. The topological polar surface area (TPSA) is 9.23 Å². The summed E-state index contributed by atoms with van der Waals surface area (Å²) in [6, 6.07) is 10.7. The fourth-order valence-electron chi connectivity index (χ4n) is 2.24. The number of fused-ring (bicyclic) bond motifs is 1. The van der Waals surface area contributed by atoms with Crippen LogP contribution in [0.1, 0.15) is 27.6 Å². The van der Waals surface area contributed by atoms with Crippen LogP contribution in [-0.2, 0) is 18.0 Å². The highest BCUT2D eigenvalue weighted by Gasteiger charge is 2.18. The van der Waals surface area contributed by atoms with Crippen LogP contribution in [0.3, 0.4) is 0 Å². The van der Waals surface area contributed by atoms with E-state index in [9.17, 15) is 4.39 Å². The van der Waals surface area contributed by atoms with Crippen LogP contribution in [0, 0.1) is 5.82 Å². The van der Waals surface area contributed by atoms with Crippen molar-refractivity contribution in [2.24, 2.45) is 0 Å². The quantitative estimate of drug-likeness (QED) is 0.703. The maximum absolute atomic E-state index is 13.1. The molecule has 1 aliphatic rings. The predicted molar refractivity (Wildman–Crippen MR) is 76.7 cm³/mol. The SMILES string of the molecule is Fc1ccc(C(Cl)c2ccc3c(c2)COC3)c(Br)c1. The number of ether oxygens (including phenoxy) is 1. The van der Waals surface area contributed by atoms with Crippen LogP contribution in [0.4, 0.5) is 4.39 Å². The molecule has 2 aromatic carbocycles. The molecule has 0 fully saturated rings. The molecule has 3 rings (SSSR count). The molecule has 0 saturated carbocycles. The van der Waals surface area contributed by atoms with Crippen LogP contribution in [0.5, 0.6) is 0 Å². The van der Waals surface area contributed by atoms with Gasteiger partial charge in [0.05, 0.1) is 18.6 Å². The van der Waals surface area contributed by atoms with Crippen molar-refractivity contribution in [1.29, 1.82) is 0 Å². The minimum Gasteiger partial charge on any atom is -0.372 e. The van der Waals surface area contributed by atoms with Gasteiger partial charge < -0.3 is 4.74 Å². The second-order valence-electron chi connectivity index (χ2n) is 4.55. The van der Waals surface area contributed by atoms with E-state index in [1.54, 1.807) is 6.07 Å². The van der Waals surface area contributed by atoms with Gasteiger partial charge in [0.25, 0.3) is 0 Å². The Balaban J connectivity index is 1.97. The van der Waals surface area contributed by atoms with Crippen LogP contribution < -0.4 is 0 Å². The van der Waals surface area contributed by atoms with Crippen molar-refractivity contribution < 1.29 is 9.13 Å². The van der Waals surface area contributed by atoms with E-state index in [1.807, 2.05) is 12.1 Å². The minimum atomic E-state index is -0.305. The molecule has 1 nitrogen and oxygen atoms in total. The first-order chi connectivity index (χ1) is 9.15. The summed E-state index contributed by atoms with van der Waals surface area (Å²) >= 11 is 9.86. The van der Waals surface area contributed by atoms with Crippen LogP contribution in [0.15, 0.2) is 40.9 Å². The lowest BCUT2D eigenvalue weighted by molar-refractivity contribution is 0.134. The third-order valence-electron chi connectivity index (χ3n) is 3.27. The second kappa shape index (κ2) is 5.23. The molecule has 0 radical (unpaired) electrons. The molecule has 0 spiro atoms. The number of rotatable bonds is 2. The van der Waals surface area contributed by atoms with Gasteiger partial charge in [-0.3, -0.25) is 0 Å². The van der Waals surface area contributed by atoms with Gasteiger partial charge in [0.15, 0.2) is 0 Å². The van der Waals surface area contributed by atoms with E-state index in [2.05, 4.69) is 22.0 Å². The van der Waals surface area contributed by atoms with Crippen molar-refractivity contribution >= 4 is 27.5 Å². The Hall–Kier alpha value is -0.900. The zero-order valence-electron chi connectivity index (χ0n) is 10.00. The Labute approximate surface area is 124 Å². The Kier molecular flexibility index (Phi) is 3.61. The molecule has 1 atom stereocenters. The van der Waals surface area contributed by atoms with Crippen molar-refractivity contribution in [2.45, 2.75) is 18.6 Å². The summed E-state index contributed by atoms with van der Waals surface area (Å²) in [5.41, 5.74) is 4.26. The Morgan fingerprint density at radius 1 is 1.11 bits per heavy atom. The van der Waals surface area contributed by atoms with Gasteiger partial charge in [-0.2, -0.15) is 0 Å². The molecule has 0 bridgehead atoms. The normalized spacial score (nSPS) is 15.3. The van der Waals surface area contributed by atoms with Crippen LogP contribution >= 0.6 is 27.5 Å². The molecule has 0 N–H and O–H groups in total. The van der Waals surface area contributed by atoms with Gasteiger partial charge in [-0.05, 0) is 34.4 Å². The summed E-state index contributed by atoms with van der Waals surface area (Å²) < 4.78 is 19.2. The lowest BCUT2D eigenvalue weighted by Gasteiger charge is -2.13. The Morgan fingerprint density at radius 2 is 1.89 bits per heavy atom. The number of halogens is 3. The largest absolute Gasteiger partial charge is 0.372 e. The number of hydrogen-bond donors (Lipinski definition) is 0. The van der Waals surface area contributed by atoms with E-state index in [1.165, 1.54) is 23.3 Å². The first kappa shape index (κ1) is 13.1. The van der Waals surface area contributed by atoms with E-state index in [-0.39, 0.29) is 11.2 Å². The standard InChI is InChI=1S/C15H11BrClFO/c16-14-6-12(18)3-4-13(14)15(17)9-1-2-10-7-19-8-11(10)5-9/h1-6,15H,7-8H2. The molecular formula is C15H11BrClFO. The van der Waals surface area contributed by atoms with E-state index in [0.717, 1.165) is 11.1 Å².